The van der Waals surface area contributed by atoms with Crippen LogP contribution in [0, 0.1) is 0 Å². The maximum Gasteiger partial charge on any atom is 0.0916 e. The Morgan fingerprint density at radius 1 is 1.60 bits per heavy atom. The van der Waals surface area contributed by atoms with Gasteiger partial charge in [0.05, 0.1) is 25.9 Å². The second-order valence-corrected chi connectivity index (χ2v) is 2.06. The molecule has 0 aromatic rings. The molecule has 0 aromatic heterocycles. The quantitative estimate of drug-likeness (QED) is 0.512. The largest absolute Gasteiger partial charge is 0.395 e. The first-order valence-electron chi connectivity index (χ1n) is 3.31. The van der Waals surface area contributed by atoms with E-state index in [1.165, 1.54) is 0 Å². The van der Waals surface area contributed by atoms with E-state index >= 15 is 0 Å². The molecule has 0 fully saturated rings. The van der Waals surface area contributed by atoms with Crippen LogP contribution in [-0.2, 0) is 4.74 Å². The number of ether oxygens (including phenoxy) is 1. The zero-order valence-electron chi connectivity index (χ0n) is 5.92. The van der Waals surface area contributed by atoms with Crippen LogP contribution in [0.2, 0.25) is 0 Å². The molecule has 0 aromatic carbocycles. The van der Waals surface area contributed by atoms with Crippen molar-refractivity contribution in [2.75, 3.05) is 26.5 Å². The fraction of sp³-hybridized carbons (Fsp3) is 1.00. The number of aliphatic hydroxyl groups excluding tert-OH is 1. The highest BCUT2D eigenvalue weighted by Crippen LogP contribution is 1.85. The molecule has 1 unspecified atom stereocenters. The molecule has 0 aliphatic heterocycles. The average Bonchev–Trinajstić information content (AvgIpc) is 1.98. The summed E-state index contributed by atoms with van der Waals surface area (Å²) in [6.45, 7) is 0.227. The molecule has 4 heteroatoms. The Morgan fingerprint density at radius 2 is 2.30 bits per heavy atom. The summed E-state index contributed by atoms with van der Waals surface area (Å²) in [6, 6.07) is -0.334. The summed E-state index contributed by atoms with van der Waals surface area (Å²) in [7, 11) is 0. The van der Waals surface area contributed by atoms with Gasteiger partial charge in [0, 0.05) is 6.61 Å². The van der Waals surface area contributed by atoms with Crippen molar-refractivity contribution in [1.82, 2.24) is 0 Å². The van der Waals surface area contributed by atoms with Crippen LogP contribution in [0.15, 0.2) is 0 Å². The lowest BCUT2D eigenvalue weighted by Crippen LogP contribution is -2.30. The number of rotatable bonds is 6. The third kappa shape index (κ3) is 5.94. The van der Waals surface area contributed by atoms with Crippen molar-refractivity contribution < 1.29 is 14.2 Å². The fourth-order valence-electron chi connectivity index (χ4n) is 0.444. The van der Waals surface area contributed by atoms with Crippen molar-refractivity contribution >= 4 is 0 Å². The van der Waals surface area contributed by atoms with Gasteiger partial charge in [-0.15, -0.1) is 0 Å². The summed E-state index contributed by atoms with van der Waals surface area (Å²) >= 11 is 0. The number of hydrogen-bond acceptors (Lipinski definition) is 3. The summed E-state index contributed by atoms with van der Waals surface area (Å²) in [4.78, 5) is 0. The van der Waals surface area contributed by atoms with Gasteiger partial charge in [0.2, 0.25) is 0 Å². The van der Waals surface area contributed by atoms with Gasteiger partial charge in [-0.25, -0.2) is 0 Å². The zero-order chi connectivity index (χ0) is 7.82. The minimum absolute atomic E-state index is 0.0877. The molecule has 62 valence electrons. The van der Waals surface area contributed by atoms with Gasteiger partial charge in [0.25, 0.3) is 0 Å². The number of nitrogens with two attached hydrogens (primary N) is 1. The van der Waals surface area contributed by atoms with Gasteiger partial charge in [-0.1, -0.05) is 0 Å². The standard InChI is InChI=1S/C6H14FNO2/c7-2-1-3-10-5-6(8)4-9/h6,9H,1-5,8H2. The van der Waals surface area contributed by atoms with Crippen LogP contribution in [0.1, 0.15) is 6.42 Å². The van der Waals surface area contributed by atoms with Crippen LogP contribution in [0.25, 0.3) is 0 Å². The van der Waals surface area contributed by atoms with E-state index < -0.39 is 0 Å². The van der Waals surface area contributed by atoms with E-state index in [4.69, 9.17) is 15.6 Å². The highest BCUT2D eigenvalue weighted by Gasteiger charge is 1.98. The van der Waals surface area contributed by atoms with Gasteiger partial charge in [-0.05, 0) is 6.42 Å². The maximum atomic E-state index is 11.4. The molecule has 0 saturated heterocycles. The highest BCUT2D eigenvalue weighted by atomic mass is 19.1. The second-order valence-electron chi connectivity index (χ2n) is 2.06. The maximum absolute atomic E-state index is 11.4. The van der Waals surface area contributed by atoms with Crippen molar-refractivity contribution in [2.24, 2.45) is 5.73 Å². The van der Waals surface area contributed by atoms with Crippen LogP contribution < -0.4 is 5.73 Å². The topological polar surface area (TPSA) is 55.5 Å². The van der Waals surface area contributed by atoms with Crippen molar-refractivity contribution in [3.63, 3.8) is 0 Å². The fourth-order valence-corrected chi connectivity index (χ4v) is 0.444. The van der Waals surface area contributed by atoms with E-state index in [0.29, 0.717) is 19.6 Å². The first-order chi connectivity index (χ1) is 4.81. The van der Waals surface area contributed by atoms with Crippen LogP contribution in [0.5, 0.6) is 0 Å². The SMILES string of the molecule is NC(CO)COCCCF. The highest BCUT2D eigenvalue weighted by molar-refractivity contribution is 4.55. The molecule has 0 amide bonds. The predicted molar refractivity (Wildman–Crippen MR) is 36.5 cm³/mol. The summed E-state index contributed by atoms with van der Waals surface area (Å²) in [5, 5.41) is 8.41. The van der Waals surface area contributed by atoms with E-state index in [1.54, 1.807) is 0 Å². The smallest absolute Gasteiger partial charge is 0.0916 e. The predicted octanol–water partition coefficient (Wildman–Crippen LogP) is -0.318. The summed E-state index contributed by atoms with van der Waals surface area (Å²) in [5.41, 5.74) is 5.29. The number of alkyl halides is 1. The third-order valence-electron chi connectivity index (χ3n) is 0.989. The van der Waals surface area contributed by atoms with E-state index in [2.05, 4.69) is 0 Å². The second kappa shape index (κ2) is 6.92. The summed E-state index contributed by atoms with van der Waals surface area (Å²) in [6.07, 6.45) is 0.401. The van der Waals surface area contributed by atoms with E-state index in [-0.39, 0.29) is 19.3 Å². The van der Waals surface area contributed by atoms with E-state index in [1.807, 2.05) is 0 Å². The number of hydrogen-bond donors (Lipinski definition) is 2. The van der Waals surface area contributed by atoms with Crippen LogP contribution in [0.3, 0.4) is 0 Å². The van der Waals surface area contributed by atoms with Crippen molar-refractivity contribution in [1.29, 1.82) is 0 Å². The summed E-state index contributed by atoms with van der Waals surface area (Å²) in [5.74, 6) is 0. The summed E-state index contributed by atoms with van der Waals surface area (Å²) < 4.78 is 16.3. The average molecular weight is 151 g/mol. The molecule has 3 nitrogen and oxygen atoms in total. The lowest BCUT2D eigenvalue weighted by Gasteiger charge is -2.07. The Hall–Kier alpha value is -0.190. The van der Waals surface area contributed by atoms with Crippen molar-refractivity contribution in [2.45, 2.75) is 12.5 Å². The van der Waals surface area contributed by atoms with Gasteiger partial charge >= 0.3 is 0 Å². The normalized spacial score (nSPS) is 13.5. The molecule has 0 radical (unpaired) electrons. The molecule has 0 rings (SSSR count). The Balaban J connectivity index is 2.89. The molecule has 1 atom stereocenters. The van der Waals surface area contributed by atoms with Gasteiger partial charge < -0.3 is 15.6 Å². The van der Waals surface area contributed by atoms with Gasteiger partial charge in [0.15, 0.2) is 0 Å². The Kier molecular flexibility index (Phi) is 6.79. The first-order valence-corrected chi connectivity index (χ1v) is 3.31. The molecule has 0 heterocycles. The van der Waals surface area contributed by atoms with Gasteiger partial charge in [-0.2, -0.15) is 0 Å². The van der Waals surface area contributed by atoms with E-state index in [0.717, 1.165) is 0 Å². The first kappa shape index (κ1) is 9.81. The molecular formula is C6H14FNO2. The number of halogens is 1. The minimum atomic E-state index is -0.367. The zero-order valence-corrected chi connectivity index (χ0v) is 5.92. The lowest BCUT2D eigenvalue weighted by molar-refractivity contribution is 0.0959. The molecule has 3 N–H and O–H groups in total. The number of aliphatic hydroxyl groups is 1. The molecule has 0 aliphatic carbocycles. The van der Waals surface area contributed by atoms with Crippen molar-refractivity contribution in [3.8, 4) is 0 Å². The van der Waals surface area contributed by atoms with Gasteiger partial charge in [-0.3, -0.25) is 4.39 Å². The Bertz CT molecular complexity index is 72.8. The lowest BCUT2D eigenvalue weighted by atomic mass is 10.4. The molecular weight excluding hydrogens is 137 g/mol. The van der Waals surface area contributed by atoms with Crippen molar-refractivity contribution in [3.05, 3.63) is 0 Å². The Morgan fingerprint density at radius 3 is 2.80 bits per heavy atom. The Labute approximate surface area is 60.0 Å². The third-order valence-corrected chi connectivity index (χ3v) is 0.989. The van der Waals surface area contributed by atoms with E-state index in [9.17, 15) is 4.39 Å². The molecule has 0 aliphatic rings. The van der Waals surface area contributed by atoms with Gasteiger partial charge in [0.1, 0.15) is 0 Å². The molecule has 0 bridgehead atoms. The monoisotopic (exact) mass is 151 g/mol. The minimum Gasteiger partial charge on any atom is -0.395 e. The van der Waals surface area contributed by atoms with Crippen LogP contribution >= 0.6 is 0 Å². The molecule has 10 heavy (non-hydrogen) atoms. The molecule has 0 saturated carbocycles. The molecule has 0 spiro atoms. The van der Waals surface area contributed by atoms with Crippen LogP contribution in [-0.4, -0.2) is 37.6 Å². The van der Waals surface area contributed by atoms with Crippen LogP contribution in [0.4, 0.5) is 4.39 Å².